The molecule has 0 atom stereocenters. The fraction of sp³-hybridized carbons (Fsp3) is 0.0909. The molecule has 2 aromatic heterocycles. The Kier molecular flexibility index (Phi) is 2.69. The molecule has 3 nitrogen and oxygen atoms in total. The van der Waals surface area contributed by atoms with E-state index in [9.17, 15) is 4.39 Å². The SMILES string of the molecule is OCc1cnc(-c2ccncc2)c(F)c1. The summed E-state index contributed by atoms with van der Waals surface area (Å²) in [6.07, 6.45) is 4.62. The molecule has 0 amide bonds. The lowest BCUT2D eigenvalue weighted by Gasteiger charge is -2.03. The predicted octanol–water partition coefficient (Wildman–Crippen LogP) is 1.77. The topological polar surface area (TPSA) is 46.0 Å². The van der Waals surface area contributed by atoms with Crippen molar-refractivity contribution in [2.75, 3.05) is 0 Å². The summed E-state index contributed by atoms with van der Waals surface area (Å²) in [5, 5.41) is 8.81. The van der Waals surface area contributed by atoms with Gasteiger partial charge in [0, 0.05) is 24.2 Å². The maximum Gasteiger partial charge on any atom is 0.149 e. The van der Waals surface area contributed by atoms with Crippen LogP contribution < -0.4 is 0 Å². The van der Waals surface area contributed by atoms with Crippen molar-refractivity contribution in [1.29, 1.82) is 0 Å². The van der Waals surface area contributed by atoms with Gasteiger partial charge in [-0.2, -0.15) is 0 Å². The van der Waals surface area contributed by atoms with Crippen molar-refractivity contribution >= 4 is 0 Å². The average molecular weight is 204 g/mol. The number of nitrogens with zero attached hydrogens (tertiary/aromatic N) is 2. The number of rotatable bonds is 2. The second-order valence-electron chi connectivity index (χ2n) is 3.07. The van der Waals surface area contributed by atoms with E-state index < -0.39 is 5.82 Å². The number of hydrogen-bond acceptors (Lipinski definition) is 3. The Morgan fingerprint density at radius 1 is 1.27 bits per heavy atom. The van der Waals surface area contributed by atoms with Gasteiger partial charge in [-0.15, -0.1) is 0 Å². The smallest absolute Gasteiger partial charge is 0.149 e. The number of aromatic nitrogens is 2. The molecule has 76 valence electrons. The van der Waals surface area contributed by atoms with Gasteiger partial charge in [0.25, 0.3) is 0 Å². The molecule has 4 heteroatoms. The number of aliphatic hydroxyl groups excluding tert-OH is 1. The second-order valence-corrected chi connectivity index (χ2v) is 3.07. The van der Waals surface area contributed by atoms with Crippen molar-refractivity contribution in [1.82, 2.24) is 9.97 Å². The van der Waals surface area contributed by atoms with Crippen molar-refractivity contribution in [2.24, 2.45) is 0 Å². The summed E-state index contributed by atoms with van der Waals surface area (Å²) in [6, 6.07) is 4.65. The number of halogens is 1. The average Bonchev–Trinajstić information content (AvgIpc) is 2.30. The van der Waals surface area contributed by atoms with E-state index in [1.54, 1.807) is 24.5 Å². The van der Waals surface area contributed by atoms with Crippen LogP contribution in [-0.2, 0) is 6.61 Å². The first-order chi connectivity index (χ1) is 7.31. The molecule has 2 aromatic rings. The first kappa shape index (κ1) is 9.73. The molecule has 0 radical (unpaired) electrons. The van der Waals surface area contributed by atoms with E-state index in [-0.39, 0.29) is 12.3 Å². The molecule has 0 aliphatic heterocycles. The summed E-state index contributed by atoms with van der Waals surface area (Å²) >= 11 is 0. The molecule has 0 saturated carbocycles. The summed E-state index contributed by atoms with van der Waals surface area (Å²) < 4.78 is 13.5. The molecule has 2 heterocycles. The Balaban J connectivity index is 2.46. The first-order valence-electron chi connectivity index (χ1n) is 4.47. The Bertz CT molecular complexity index is 459. The molecule has 2 rings (SSSR count). The van der Waals surface area contributed by atoms with Crippen molar-refractivity contribution in [2.45, 2.75) is 6.61 Å². The fourth-order valence-corrected chi connectivity index (χ4v) is 1.29. The van der Waals surface area contributed by atoms with Crippen LogP contribution in [0.25, 0.3) is 11.3 Å². The highest BCUT2D eigenvalue weighted by Gasteiger charge is 2.06. The minimum Gasteiger partial charge on any atom is -0.392 e. The van der Waals surface area contributed by atoms with Crippen LogP contribution in [0, 0.1) is 5.82 Å². The first-order valence-corrected chi connectivity index (χ1v) is 4.47. The molecule has 0 aromatic carbocycles. The monoisotopic (exact) mass is 204 g/mol. The second kappa shape index (κ2) is 4.14. The van der Waals surface area contributed by atoms with Crippen molar-refractivity contribution in [3.63, 3.8) is 0 Å². The van der Waals surface area contributed by atoms with Crippen LogP contribution in [0.4, 0.5) is 4.39 Å². The third-order valence-electron chi connectivity index (χ3n) is 2.03. The molecule has 0 bridgehead atoms. The molecule has 0 aliphatic rings. The van der Waals surface area contributed by atoms with Crippen LogP contribution in [0.15, 0.2) is 36.8 Å². The highest BCUT2D eigenvalue weighted by Crippen LogP contribution is 2.19. The Morgan fingerprint density at radius 3 is 2.60 bits per heavy atom. The zero-order valence-electron chi connectivity index (χ0n) is 7.89. The van der Waals surface area contributed by atoms with Crippen LogP contribution in [0.3, 0.4) is 0 Å². The van der Waals surface area contributed by atoms with Crippen molar-refractivity contribution in [3.05, 3.63) is 48.2 Å². The Labute approximate surface area is 86.3 Å². The van der Waals surface area contributed by atoms with Gasteiger partial charge < -0.3 is 5.11 Å². The van der Waals surface area contributed by atoms with Gasteiger partial charge in [0.2, 0.25) is 0 Å². The molecule has 0 aliphatic carbocycles. The normalized spacial score (nSPS) is 10.3. The van der Waals surface area contributed by atoms with Gasteiger partial charge in [-0.1, -0.05) is 0 Å². The maximum atomic E-state index is 13.5. The lowest BCUT2D eigenvalue weighted by Crippen LogP contribution is -1.93. The molecule has 0 saturated heterocycles. The third kappa shape index (κ3) is 1.99. The van der Waals surface area contributed by atoms with E-state index in [1.807, 2.05) is 0 Å². The predicted molar refractivity (Wildman–Crippen MR) is 53.3 cm³/mol. The minimum atomic E-state index is -0.437. The molecule has 0 fully saturated rings. The van der Waals surface area contributed by atoms with Crippen LogP contribution in [0.5, 0.6) is 0 Å². The van der Waals surface area contributed by atoms with Crippen LogP contribution >= 0.6 is 0 Å². The highest BCUT2D eigenvalue weighted by atomic mass is 19.1. The largest absolute Gasteiger partial charge is 0.392 e. The quantitative estimate of drug-likeness (QED) is 0.810. The van der Waals surface area contributed by atoms with Gasteiger partial charge in [0.1, 0.15) is 11.5 Å². The van der Waals surface area contributed by atoms with Gasteiger partial charge >= 0.3 is 0 Å². The Hall–Kier alpha value is -1.81. The number of pyridine rings is 2. The van der Waals surface area contributed by atoms with Crippen LogP contribution in [-0.4, -0.2) is 15.1 Å². The molecular formula is C11H9FN2O. The van der Waals surface area contributed by atoms with E-state index in [4.69, 9.17) is 5.11 Å². The summed E-state index contributed by atoms with van der Waals surface area (Å²) in [6.45, 7) is -0.208. The van der Waals surface area contributed by atoms with Gasteiger partial charge in [0.15, 0.2) is 0 Å². The standard InChI is InChI=1S/C11H9FN2O/c12-10-5-8(7-15)6-14-11(10)9-1-3-13-4-2-9/h1-6,15H,7H2. The van der Waals surface area contributed by atoms with Gasteiger partial charge in [-0.3, -0.25) is 9.97 Å². The lowest BCUT2D eigenvalue weighted by molar-refractivity contribution is 0.280. The third-order valence-corrected chi connectivity index (χ3v) is 2.03. The van der Waals surface area contributed by atoms with Gasteiger partial charge in [-0.05, 0) is 23.8 Å². The lowest BCUT2D eigenvalue weighted by atomic mass is 10.1. The maximum absolute atomic E-state index is 13.5. The molecule has 0 unspecified atom stereocenters. The van der Waals surface area contributed by atoms with E-state index in [1.165, 1.54) is 12.3 Å². The molecular weight excluding hydrogens is 195 g/mol. The van der Waals surface area contributed by atoms with Gasteiger partial charge in [0.05, 0.1) is 6.61 Å². The van der Waals surface area contributed by atoms with Crippen LogP contribution in [0.1, 0.15) is 5.56 Å². The van der Waals surface area contributed by atoms with E-state index >= 15 is 0 Å². The van der Waals surface area contributed by atoms with E-state index in [0.29, 0.717) is 11.1 Å². The summed E-state index contributed by atoms with van der Waals surface area (Å²) in [5.74, 6) is -0.437. The summed E-state index contributed by atoms with van der Waals surface area (Å²) in [7, 11) is 0. The minimum absolute atomic E-state index is 0.208. The zero-order chi connectivity index (χ0) is 10.7. The highest BCUT2D eigenvalue weighted by molar-refractivity contribution is 5.58. The summed E-state index contributed by atoms with van der Waals surface area (Å²) in [4.78, 5) is 7.80. The molecule has 0 spiro atoms. The van der Waals surface area contributed by atoms with Gasteiger partial charge in [-0.25, -0.2) is 4.39 Å². The number of aliphatic hydroxyl groups is 1. The van der Waals surface area contributed by atoms with Crippen LogP contribution in [0.2, 0.25) is 0 Å². The molecule has 15 heavy (non-hydrogen) atoms. The van der Waals surface area contributed by atoms with E-state index in [2.05, 4.69) is 9.97 Å². The van der Waals surface area contributed by atoms with Crippen molar-refractivity contribution in [3.8, 4) is 11.3 Å². The van der Waals surface area contributed by atoms with Crippen molar-refractivity contribution < 1.29 is 9.50 Å². The Morgan fingerprint density at radius 2 is 2.00 bits per heavy atom. The fourth-order valence-electron chi connectivity index (χ4n) is 1.29. The zero-order valence-corrected chi connectivity index (χ0v) is 7.89. The van der Waals surface area contributed by atoms with E-state index in [0.717, 1.165) is 0 Å². The summed E-state index contributed by atoms with van der Waals surface area (Å²) in [5.41, 5.74) is 1.41. The molecule has 1 N–H and O–H groups in total. The number of hydrogen-bond donors (Lipinski definition) is 1.